The van der Waals surface area contributed by atoms with E-state index in [9.17, 15) is 18.0 Å². The summed E-state index contributed by atoms with van der Waals surface area (Å²) in [5.41, 5.74) is 0. The Morgan fingerprint density at radius 2 is 2.00 bits per heavy atom. The number of sulfone groups is 1. The van der Waals surface area contributed by atoms with Gasteiger partial charge in [-0.05, 0) is 12.8 Å². The molecule has 9 heteroatoms. The SMILES string of the molecule is CCC(COC(=O)CCl)N(C(=O)CCl)C1CCS(=O)(=O)C1. The number of halogens is 2. The Hall–Kier alpha value is -0.530. The summed E-state index contributed by atoms with van der Waals surface area (Å²) in [6.07, 6.45) is 0.902. The zero-order chi connectivity index (χ0) is 16.0. The maximum Gasteiger partial charge on any atom is 0.320 e. The minimum atomic E-state index is -3.13. The van der Waals surface area contributed by atoms with Crippen LogP contribution in [0.3, 0.4) is 0 Å². The third kappa shape index (κ3) is 5.30. The van der Waals surface area contributed by atoms with Gasteiger partial charge < -0.3 is 9.64 Å². The molecule has 0 N–H and O–H groups in total. The van der Waals surface area contributed by atoms with Gasteiger partial charge in [0.15, 0.2) is 9.84 Å². The molecule has 0 spiro atoms. The number of hydrogen-bond donors (Lipinski definition) is 0. The van der Waals surface area contributed by atoms with E-state index in [1.807, 2.05) is 6.92 Å². The quantitative estimate of drug-likeness (QED) is 0.496. The standard InChI is InChI=1S/C12H19Cl2NO5S/c1-2-9(7-20-12(17)6-14)15(11(16)5-13)10-3-4-21(18,19)8-10/h9-10H,2-8H2,1H3. The average Bonchev–Trinajstić information content (AvgIpc) is 2.81. The molecule has 0 aromatic heterocycles. The first kappa shape index (κ1) is 18.5. The van der Waals surface area contributed by atoms with Crippen LogP contribution in [-0.2, 0) is 24.2 Å². The zero-order valence-corrected chi connectivity index (χ0v) is 14.1. The molecule has 1 aliphatic heterocycles. The zero-order valence-electron chi connectivity index (χ0n) is 11.8. The molecule has 1 amide bonds. The second-order valence-electron chi connectivity index (χ2n) is 4.87. The number of hydrogen-bond acceptors (Lipinski definition) is 5. The van der Waals surface area contributed by atoms with Crippen LogP contribution >= 0.6 is 23.2 Å². The van der Waals surface area contributed by atoms with Gasteiger partial charge in [0.25, 0.3) is 0 Å². The topological polar surface area (TPSA) is 80.8 Å². The smallest absolute Gasteiger partial charge is 0.320 e. The average molecular weight is 360 g/mol. The van der Waals surface area contributed by atoms with Gasteiger partial charge in [0.1, 0.15) is 18.4 Å². The minimum Gasteiger partial charge on any atom is -0.463 e. The van der Waals surface area contributed by atoms with Crippen molar-refractivity contribution in [1.29, 1.82) is 0 Å². The summed E-state index contributed by atoms with van der Waals surface area (Å²) in [7, 11) is -3.13. The van der Waals surface area contributed by atoms with Crippen LogP contribution in [0.1, 0.15) is 19.8 Å². The molecule has 0 bridgehead atoms. The molecule has 1 saturated heterocycles. The molecule has 2 atom stereocenters. The van der Waals surface area contributed by atoms with Crippen molar-refractivity contribution in [3.63, 3.8) is 0 Å². The van der Waals surface area contributed by atoms with Crippen LogP contribution in [0.15, 0.2) is 0 Å². The van der Waals surface area contributed by atoms with Crippen molar-refractivity contribution in [3.8, 4) is 0 Å². The highest BCUT2D eigenvalue weighted by atomic mass is 35.5. The summed E-state index contributed by atoms with van der Waals surface area (Å²) in [6.45, 7) is 1.82. The van der Waals surface area contributed by atoms with Crippen LogP contribution in [0.4, 0.5) is 0 Å². The lowest BCUT2D eigenvalue weighted by atomic mass is 10.1. The molecule has 122 valence electrons. The van der Waals surface area contributed by atoms with Gasteiger partial charge >= 0.3 is 5.97 Å². The molecule has 21 heavy (non-hydrogen) atoms. The number of nitrogens with zero attached hydrogens (tertiary/aromatic N) is 1. The lowest BCUT2D eigenvalue weighted by molar-refractivity contribution is -0.146. The Morgan fingerprint density at radius 1 is 1.33 bits per heavy atom. The summed E-state index contributed by atoms with van der Waals surface area (Å²) in [6, 6.07) is -0.817. The highest BCUT2D eigenvalue weighted by molar-refractivity contribution is 7.91. The van der Waals surface area contributed by atoms with E-state index in [0.29, 0.717) is 12.8 Å². The number of alkyl halides is 2. The molecule has 0 aromatic carbocycles. The third-order valence-corrected chi connectivity index (χ3v) is 5.61. The molecular weight excluding hydrogens is 341 g/mol. The number of esters is 1. The van der Waals surface area contributed by atoms with Gasteiger partial charge in [-0.25, -0.2) is 8.42 Å². The van der Waals surface area contributed by atoms with Crippen LogP contribution in [0.2, 0.25) is 0 Å². The normalized spacial score (nSPS) is 21.8. The highest BCUT2D eigenvalue weighted by Gasteiger charge is 2.37. The second kappa shape index (κ2) is 8.19. The molecule has 0 radical (unpaired) electrons. The Bertz CT molecular complexity index is 482. The third-order valence-electron chi connectivity index (χ3n) is 3.41. The van der Waals surface area contributed by atoms with Gasteiger partial charge in [-0.3, -0.25) is 9.59 Å². The Morgan fingerprint density at radius 3 is 2.43 bits per heavy atom. The number of rotatable bonds is 7. The second-order valence-corrected chi connectivity index (χ2v) is 7.63. The molecule has 2 unspecified atom stereocenters. The van der Waals surface area contributed by atoms with Crippen molar-refractivity contribution < 1.29 is 22.7 Å². The van der Waals surface area contributed by atoms with E-state index in [-0.39, 0.29) is 35.8 Å². The maximum atomic E-state index is 12.1. The lowest BCUT2D eigenvalue weighted by Crippen LogP contribution is -2.50. The first-order valence-corrected chi connectivity index (χ1v) is 9.52. The summed E-state index contributed by atoms with van der Waals surface area (Å²) < 4.78 is 28.2. The van der Waals surface area contributed by atoms with Crippen molar-refractivity contribution in [2.24, 2.45) is 0 Å². The maximum absolute atomic E-state index is 12.1. The fourth-order valence-electron chi connectivity index (χ4n) is 2.39. The van der Waals surface area contributed by atoms with Gasteiger partial charge in [-0.15, -0.1) is 23.2 Å². The molecule has 1 aliphatic rings. The van der Waals surface area contributed by atoms with E-state index in [0.717, 1.165) is 0 Å². The van der Waals surface area contributed by atoms with Crippen molar-refractivity contribution >= 4 is 44.9 Å². The Balaban J connectivity index is 2.84. The van der Waals surface area contributed by atoms with Crippen LogP contribution < -0.4 is 0 Å². The van der Waals surface area contributed by atoms with Crippen molar-refractivity contribution in [1.82, 2.24) is 4.90 Å². The minimum absolute atomic E-state index is 0.0127. The summed E-state index contributed by atoms with van der Waals surface area (Å²) in [5.74, 6) is -1.45. The fourth-order valence-corrected chi connectivity index (χ4v) is 4.32. The van der Waals surface area contributed by atoms with Crippen LogP contribution in [0.25, 0.3) is 0 Å². The number of carbonyl (C=O) groups is 2. The molecule has 6 nitrogen and oxygen atoms in total. The monoisotopic (exact) mass is 359 g/mol. The molecule has 0 aromatic rings. The van der Waals surface area contributed by atoms with Crippen LogP contribution in [-0.4, -0.2) is 67.2 Å². The van der Waals surface area contributed by atoms with Gasteiger partial charge in [-0.2, -0.15) is 0 Å². The summed E-state index contributed by atoms with van der Waals surface area (Å²) >= 11 is 11.0. The van der Waals surface area contributed by atoms with E-state index in [1.54, 1.807) is 0 Å². The fraction of sp³-hybridized carbons (Fsp3) is 0.833. The molecule has 1 rings (SSSR count). The van der Waals surface area contributed by atoms with E-state index >= 15 is 0 Å². The molecule has 0 aliphatic carbocycles. The molecule has 0 saturated carbocycles. The lowest BCUT2D eigenvalue weighted by Gasteiger charge is -2.35. The first-order chi connectivity index (χ1) is 9.84. The number of amides is 1. The predicted octanol–water partition coefficient (Wildman–Crippen LogP) is 0.802. The largest absolute Gasteiger partial charge is 0.463 e. The molecule has 1 heterocycles. The van der Waals surface area contributed by atoms with Crippen molar-refractivity contribution in [2.75, 3.05) is 29.9 Å². The van der Waals surface area contributed by atoms with Crippen LogP contribution in [0.5, 0.6) is 0 Å². The van der Waals surface area contributed by atoms with Gasteiger partial charge in [0, 0.05) is 6.04 Å². The number of ether oxygens (including phenoxy) is 1. The van der Waals surface area contributed by atoms with Crippen LogP contribution in [0, 0.1) is 0 Å². The van der Waals surface area contributed by atoms with E-state index in [1.165, 1.54) is 4.90 Å². The van der Waals surface area contributed by atoms with E-state index in [2.05, 4.69) is 0 Å². The van der Waals surface area contributed by atoms with Gasteiger partial charge in [-0.1, -0.05) is 6.92 Å². The van der Waals surface area contributed by atoms with Crippen molar-refractivity contribution in [3.05, 3.63) is 0 Å². The summed E-state index contributed by atoms with van der Waals surface area (Å²) in [5, 5.41) is 0. The highest BCUT2D eigenvalue weighted by Crippen LogP contribution is 2.22. The van der Waals surface area contributed by atoms with E-state index in [4.69, 9.17) is 27.9 Å². The Kier molecular flexibility index (Phi) is 7.23. The van der Waals surface area contributed by atoms with Crippen molar-refractivity contribution in [2.45, 2.75) is 31.8 Å². The Labute approximate surface area is 134 Å². The molecular formula is C12H19Cl2NO5S. The predicted molar refractivity (Wildman–Crippen MR) is 80.4 cm³/mol. The molecule has 1 fully saturated rings. The summed E-state index contributed by atoms with van der Waals surface area (Å²) in [4.78, 5) is 24.7. The number of carbonyl (C=O) groups excluding carboxylic acids is 2. The van der Waals surface area contributed by atoms with Gasteiger partial charge in [0.05, 0.1) is 17.5 Å². The van der Waals surface area contributed by atoms with E-state index < -0.39 is 27.9 Å². The first-order valence-electron chi connectivity index (χ1n) is 6.63. The van der Waals surface area contributed by atoms with Gasteiger partial charge in [0.2, 0.25) is 5.91 Å².